The first-order valence-corrected chi connectivity index (χ1v) is 6.96. The summed E-state index contributed by atoms with van der Waals surface area (Å²) in [5, 5.41) is 0.881. The molecule has 92 valence electrons. The minimum Gasteiger partial charge on any atom is -0.494 e. The van der Waals surface area contributed by atoms with Gasteiger partial charge in [-0.15, -0.1) is 0 Å². The highest BCUT2D eigenvalue weighted by molar-refractivity contribution is 9.09. The largest absolute Gasteiger partial charge is 0.494 e. The summed E-state index contributed by atoms with van der Waals surface area (Å²) in [5.41, 5.74) is 0.960. The van der Waals surface area contributed by atoms with Crippen molar-refractivity contribution in [3.05, 3.63) is 24.3 Å². The molecule has 1 heterocycles. The zero-order valence-electron chi connectivity index (χ0n) is 9.86. The van der Waals surface area contributed by atoms with E-state index in [0.29, 0.717) is 18.9 Å². The minimum absolute atomic E-state index is 0.207. The van der Waals surface area contributed by atoms with E-state index in [0.717, 1.165) is 23.3 Å². The van der Waals surface area contributed by atoms with Gasteiger partial charge in [0.2, 0.25) is 5.91 Å². The van der Waals surface area contributed by atoms with Crippen molar-refractivity contribution in [1.82, 2.24) is 0 Å². The van der Waals surface area contributed by atoms with Crippen LogP contribution < -0.4 is 9.64 Å². The van der Waals surface area contributed by atoms with E-state index in [2.05, 4.69) is 15.9 Å². The second-order valence-electron chi connectivity index (χ2n) is 4.16. The van der Waals surface area contributed by atoms with E-state index in [4.69, 9.17) is 4.74 Å². The van der Waals surface area contributed by atoms with Gasteiger partial charge in [-0.25, -0.2) is 0 Å². The molecule has 0 N–H and O–H groups in total. The van der Waals surface area contributed by atoms with E-state index < -0.39 is 0 Å². The molecule has 1 aromatic carbocycles. The average Bonchev–Trinajstić information content (AvgIpc) is 2.72. The van der Waals surface area contributed by atoms with Crippen molar-refractivity contribution in [3.8, 4) is 5.75 Å². The normalized spacial score (nSPS) is 19.8. The molecular weight excluding hydrogens is 282 g/mol. The van der Waals surface area contributed by atoms with Crippen LogP contribution in [0, 0.1) is 5.92 Å². The molecule has 1 amide bonds. The molecule has 1 atom stereocenters. The highest BCUT2D eigenvalue weighted by atomic mass is 79.9. The zero-order valence-corrected chi connectivity index (χ0v) is 11.4. The van der Waals surface area contributed by atoms with Crippen molar-refractivity contribution >= 4 is 27.5 Å². The number of amides is 1. The second kappa shape index (κ2) is 5.54. The lowest BCUT2D eigenvalue weighted by molar-refractivity contribution is -0.117. The molecule has 3 nitrogen and oxygen atoms in total. The maximum Gasteiger partial charge on any atom is 0.227 e. The Morgan fingerprint density at radius 3 is 2.65 bits per heavy atom. The van der Waals surface area contributed by atoms with Gasteiger partial charge in [-0.1, -0.05) is 15.9 Å². The lowest BCUT2D eigenvalue weighted by Crippen LogP contribution is -2.24. The summed E-state index contributed by atoms with van der Waals surface area (Å²) in [6.45, 7) is 3.42. The topological polar surface area (TPSA) is 29.5 Å². The van der Waals surface area contributed by atoms with Crippen LogP contribution in [0.5, 0.6) is 5.75 Å². The predicted octanol–water partition coefficient (Wildman–Crippen LogP) is 2.83. The number of rotatable bonds is 4. The third-order valence-electron chi connectivity index (χ3n) is 2.88. The van der Waals surface area contributed by atoms with Gasteiger partial charge in [0.1, 0.15) is 5.75 Å². The molecule has 0 saturated carbocycles. The molecule has 17 heavy (non-hydrogen) atoms. The summed E-state index contributed by atoms with van der Waals surface area (Å²) in [6.07, 6.45) is 0.637. The summed E-state index contributed by atoms with van der Waals surface area (Å²) in [6, 6.07) is 7.71. The number of ether oxygens (including phenoxy) is 1. The van der Waals surface area contributed by atoms with Crippen LogP contribution in [0.15, 0.2) is 24.3 Å². The van der Waals surface area contributed by atoms with E-state index in [1.54, 1.807) is 0 Å². The van der Waals surface area contributed by atoms with Crippen molar-refractivity contribution in [2.45, 2.75) is 13.3 Å². The Morgan fingerprint density at radius 2 is 2.12 bits per heavy atom. The number of halogens is 1. The van der Waals surface area contributed by atoms with Gasteiger partial charge in [0, 0.05) is 24.0 Å². The first-order chi connectivity index (χ1) is 8.24. The molecule has 1 fully saturated rings. The predicted molar refractivity (Wildman–Crippen MR) is 71.9 cm³/mol. The van der Waals surface area contributed by atoms with Gasteiger partial charge in [0.25, 0.3) is 0 Å². The van der Waals surface area contributed by atoms with Crippen molar-refractivity contribution < 1.29 is 9.53 Å². The fourth-order valence-electron chi connectivity index (χ4n) is 2.02. The summed E-state index contributed by atoms with van der Waals surface area (Å²) in [4.78, 5) is 13.7. The number of carbonyl (C=O) groups is 1. The van der Waals surface area contributed by atoms with Crippen LogP contribution in [-0.4, -0.2) is 24.4 Å². The van der Waals surface area contributed by atoms with Crippen LogP contribution in [0.4, 0.5) is 5.69 Å². The summed E-state index contributed by atoms with van der Waals surface area (Å²) in [5.74, 6) is 1.48. The first kappa shape index (κ1) is 12.4. The fourth-order valence-corrected chi connectivity index (χ4v) is 2.46. The number of hydrogen-bond donors (Lipinski definition) is 0. The molecule has 0 radical (unpaired) electrons. The van der Waals surface area contributed by atoms with Crippen LogP contribution in [0.25, 0.3) is 0 Å². The van der Waals surface area contributed by atoms with E-state index in [1.165, 1.54) is 0 Å². The molecule has 0 spiro atoms. The summed E-state index contributed by atoms with van der Waals surface area (Å²) < 4.78 is 5.38. The number of nitrogens with zero attached hydrogens (tertiary/aromatic N) is 1. The van der Waals surface area contributed by atoms with Crippen molar-refractivity contribution in [2.24, 2.45) is 5.92 Å². The van der Waals surface area contributed by atoms with E-state index >= 15 is 0 Å². The Kier molecular flexibility index (Phi) is 4.05. The Labute approximate surface area is 110 Å². The SMILES string of the molecule is CCOc1ccc(N2CC(CBr)CC2=O)cc1. The Morgan fingerprint density at radius 1 is 1.41 bits per heavy atom. The molecule has 4 heteroatoms. The van der Waals surface area contributed by atoms with Gasteiger partial charge >= 0.3 is 0 Å². The van der Waals surface area contributed by atoms with Gasteiger partial charge in [0.15, 0.2) is 0 Å². The average molecular weight is 298 g/mol. The number of hydrogen-bond acceptors (Lipinski definition) is 2. The fraction of sp³-hybridized carbons (Fsp3) is 0.462. The molecule has 1 aliphatic rings. The Balaban J connectivity index is 2.09. The van der Waals surface area contributed by atoms with Crippen LogP contribution in [0.2, 0.25) is 0 Å². The number of carbonyl (C=O) groups excluding carboxylic acids is 1. The molecular formula is C13H16BrNO2. The Bertz CT molecular complexity index is 391. The standard InChI is InChI=1S/C13H16BrNO2/c1-2-17-12-5-3-11(4-6-12)15-9-10(8-14)7-13(15)16/h3-6,10H,2,7-9H2,1H3. The van der Waals surface area contributed by atoms with Crippen LogP contribution in [-0.2, 0) is 4.79 Å². The zero-order chi connectivity index (χ0) is 12.3. The van der Waals surface area contributed by atoms with Crippen LogP contribution in [0.3, 0.4) is 0 Å². The number of anilines is 1. The minimum atomic E-state index is 0.207. The number of benzene rings is 1. The highest BCUT2D eigenvalue weighted by Crippen LogP contribution is 2.27. The maximum atomic E-state index is 11.8. The molecule has 1 saturated heterocycles. The molecule has 1 aliphatic heterocycles. The van der Waals surface area contributed by atoms with Crippen molar-refractivity contribution in [1.29, 1.82) is 0 Å². The third kappa shape index (κ3) is 2.80. The third-order valence-corrected chi connectivity index (χ3v) is 3.80. The van der Waals surface area contributed by atoms with Gasteiger partial charge in [-0.3, -0.25) is 4.79 Å². The molecule has 0 aromatic heterocycles. The van der Waals surface area contributed by atoms with Gasteiger partial charge < -0.3 is 9.64 Å². The number of alkyl halides is 1. The van der Waals surface area contributed by atoms with Crippen LogP contribution in [0.1, 0.15) is 13.3 Å². The monoisotopic (exact) mass is 297 g/mol. The summed E-state index contributed by atoms with van der Waals surface area (Å²) >= 11 is 3.44. The van der Waals surface area contributed by atoms with E-state index in [-0.39, 0.29) is 5.91 Å². The van der Waals surface area contributed by atoms with E-state index in [1.807, 2.05) is 36.1 Å². The van der Waals surface area contributed by atoms with Crippen molar-refractivity contribution in [3.63, 3.8) is 0 Å². The van der Waals surface area contributed by atoms with Gasteiger partial charge in [0.05, 0.1) is 6.61 Å². The molecule has 2 rings (SSSR count). The lowest BCUT2D eigenvalue weighted by Gasteiger charge is -2.16. The van der Waals surface area contributed by atoms with Gasteiger partial charge in [-0.05, 0) is 37.1 Å². The highest BCUT2D eigenvalue weighted by Gasteiger charge is 2.29. The first-order valence-electron chi connectivity index (χ1n) is 5.83. The maximum absolute atomic E-state index is 11.8. The molecule has 0 bridgehead atoms. The molecule has 0 aliphatic carbocycles. The molecule has 1 unspecified atom stereocenters. The lowest BCUT2D eigenvalue weighted by atomic mass is 10.2. The van der Waals surface area contributed by atoms with Gasteiger partial charge in [-0.2, -0.15) is 0 Å². The summed E-state index contributed by atoms with van der Waals surface area (Å²) in [7, 11) is 0. The van der Waals surface area contributed by atoms with E-state index in [9.17, 15) is 4.79 Å². The van der Waals surface area contributed by atoms with Crippen LogP contribution >= 0.6 is 15.9 Å². The second-order valence-corrected chi connectivity index (χ2v) is 4.80. The quantitative estimate of drug-likeness (QED) is 0.800. The van der Waals surface area contributed by atoms with Crippen molar-refractivity contribution in [2.75, 3.05) is 23.4 Å². The smallest absolute Gasteiger partial charge is 0.227 e. The Hall–Kier alpha value is -1.03. The molecule has 1 aromatic rings.